The van der Waals surface area contributed by atoms with Gasteiger partial charge in [0.25, 0.3) is 0 Å². The molecule has 2 aromatic carbocycles. The van der Waals surface area contributed by atoms with Crippen LogP contribution in [0.15, 0.2) is 66.9 Å². The summed E-state index contributed by atoms with van der Waals surface area (Å²) in [4.78, 5) is 30.3. The molecule has 1 aromatic heterocycles. The van der Waals surface area contributed by atoms with Crippen molar-refractivity contribution in [2.24, 2.45) is 0 Å². The summed E-state index contributed by atoms with van der Waals surface area (Å²) in [6, 6.07) is 19.5. The van der Waals surface area contributed by atoms with Crippen LogP contribution in [0, 0.1) is 0 Å². The summed E-state index contributed by atoms with van der Waals surface area (Å²) in [5.41, 5.74) is 3.80. The number of fused-ring (bicyclic) bond motifs is 3. The quantitative estimate of drug-likeness (QED) is 0.510. The summed E-state index contributed by atoms with van der Waals surface area (Å²) >= 11 is 6.15. The van der Waals surface area contributed by atoms with Gasteiger partial charge in [-0.05, 0) is 61.2 Å². The normalized spacial score (nSPS) is 16.9. The van der Waals surface area contributed by atoms with E-state index in [0.29, 0.717) is 11.4 Å². The number of benzene rings is 2. The fourth-order valence-electron chi connectivity index (χ4n) is 4.61. The third-order valence-electron chi connectivity index (χ3n) is 6.25. The molecule has 2 heterocycles. The van der Waals surface area contributed by atoms with Crippen molar-refractivity contribution in [3.8, 4) is 5.69 Å². The number of halogens is 1. The molecule has 0 spiro atoms. The lowest BCUT2D eigenvalue weighted by molar-refractivity contribution is -0.136. The Balaban J connectivity index is 1.58. The standard InChI is InChI=1S/C26H26ClN3O2/c1-2-6-24(31)29(20-14-15-20)17-25(32)30-22-8-4-3-7-21(22)28-16-5-9-23(28)26(30)18-10-12-19(27)13-11-18/h3-5,7-13,16,20,26H,2,6,14-15,17H2,1H3. The van der Waals surface area contributed by atoms with Gasteiger partial charge >= 0.3 is 0 Å². The van der Waals surface area contributed by atoms with E-state index in [9.17, 15) is 9.59 Å². The van der Waals surface area contributed by atoms with Gasteiger partial charge in [-0.15, -0.1) is 0 Å². The van der Waals surface area contributed by atoms with E-state index in [0.717, 1.165) is 41.9 Å². The number of hydrogen-bond donors (Lipinski definition) is 0. The van der Waals surface area contributed by atoms with Crippen molar-refractivity contribution in [3.63, 3.8) is 0 Å². The predicted molar refractivity (Wildman–Crippen MR) is 126 cm³/mol. The Hall–Kier alpha value is -3.05. The molecular formula is C26H26ClN3O2. The molecule has 2 aliphatic rings. The number of carbonyl (C=O) groups is 2. The molecule has 5 rings (SSSR count). The summed E-state index contributed by atoms with van der Waals surface area (Å²) in [5, 5.41) is 0.656. The molecule has 0 N–H and O–H groups in total. The number of para-hydroxylation sites is 2. The Morgan fingerprint density at radius 1 is 1.00 bits per heavy atom. The minimum Gasteiger partial charge on any atom is -0.330 e. The van der Waals surface area contributed by atoms with E-state index < -0.39 is 0 Å². The fourth-order valence-corrected chi connectivity index (χ4v) is 4.73. The minimum atomic E-state index is -0.299. The maximum Gasteiger partial charge on any atom is 0.247 e. The Kier molecular flexibility index (Phi) is 5.51. The lowest BCUT2D eigenvalue weighted by atomic mass is 9.97. The first-order valence-electron chi connectivity index (χ1n) is 11.2. The van der Waals surface area contributed by atoms with Gasteiger partial charge in [0.2, 0.25) is 11.8 Å². The highest BCUT2D eigenvalue weighted by atomic mass is 35.5. The van der Waals surface area contributed by atoms with Gasteiger partial charge in [0.05, 0.1) is 17.1 Å². The first kappa shape index (κ1) is 20.8. The number of hydrogen-bond acceptors (Lipinski definition) is 2. The molecule has 6 heteroatoms. The van der Waals surface area contributed by atoms with E-state index in [1.807, 2.05) is 72.6 Å². The van der Waals surface area contributed by atoms with E-state index in [-0.39, 0.29) is 30.4 Å². The summed E-state index contributed by atoms with van der Waals surface area (Å²) in [7, 11) is 0. The number of aromatic nitrogens is 1. The molecule has 3 aromatic rings. The summed E-state index contributed by atoms with van der Waals surface area (Å²) < 4.78 is 2.14. The van der Waals surface area contributed by atoms with Crippen LogP contribution in [0.3, 0.4) is 0 Å². The van der Waals surface area contributed by atoms with E-state index >= 15 is 0 Å². The average Bonchev–Trinajstić information content (AvgIpc) is 3.52. The van der Waals surface area contributed by atoms with Crippen molar-refractivity contribution < 1.29 is 9.59 Å². The molecule has 5 nitrogen and oxygen atoms in total. The number of nitrogens with zero attached hydrogens (tertiary/aromatic N) is 3. The van der Waals surface area contributed by atoms with E-state index in [4.69, 9.17) is 11.6 Å². The van der Waals surface area contributed by atoms with Crippen molar-refractivity contribution in [2.45, 2.75) is 44.7 Å². The number of rotatable bonds is 6. The number of anilines is 1. The second-order valence-electron chi connectivity index (χ2n) is 8.51. The molecule has 164 valence electrons. The largest absolute Gasteiger partial charge is 0.330 e. The van der Waals surface area contributed by atoms with Crippen molar-refractivity contribution >= 4 is 29.1 Å². The Morgan fingerprint density at radius 3 is 2.41 bits per heavy atom. The van der Waals surface area contributed by atoms with E-state index in [2.05, 4.69) is 10.6 Å². The van der Waals surface area contributed by atoms with Crippen LogP contribution in [0.5, 0.6) is 0 Å². The van der Waals surface area contributed by atoms with Crippen molar-refractivity contribution in [2.75, 3.05) is 11.4 Å². The van der Waals surface area contributed by atoms with Gasteiger partial charge < -0.3 is 9.47 Å². The minimum absolute atomic E-state index is 0.0683. The molecule has 32 heavy (non-hydrogen) atoms. The fraction of sp³-hybridized carbons (Fsp3) is 0.308. The maximum absolute atomic E-state index is 13.9. The van der Waals surface area contributed by atoms with Gasteiger partial charge in [-0.3, -0.25) is 14.5 Å². The maximum atomic E-state index is 13.9. The lowest BCUT2D eigenvalue weighted by Crippen LogP contribution is -2.47. The molecule has 1 unspecified atom stereocenters. The first-order chi connectivity index (χ1) is 15.6. The molecule has 1 aliphatic carbocycles. The van der Waals surface area contributed by atoms with E-state index in [1.54, 1.807) is 4.90 Å². The molecule has 1 fully saturated rings. The average molecular weight is 448 g/mol. The predicted octanol–water partition coefficient (Wildman–Crippen LogP) is 5.36. The van der Waals surface area contributed by atoms with E-state index in [1.165, 1.54) is 0 Å². The zero-order valence-electron chi connectivity index (χ0n) is 18.1. The molecule has 1 saturated carbocycles. The highest BCUT2D eigenvalue weighted by Crippen LogP contribution is 2.42. The molecule has 0 saturated heterocycles. The Morgan fingerprint density at radius 2 is 1.72 bits per heavy atom. The Bertz CT molecular complexity index is 1150. The molecule has 0 bridgehead atoms. The third-order valence-corrected chi connectivity index (χ3v) is 6.50. The molecule has 1 aliphatic heterocycles. The van der Waals surface area contributed by atoms with Gasteiger partial charge in [0.15, 0.2) is 0 Å². The summed E-state index contributed by atoms with van der Waals surface area (Å²) in [6.07, 6.45) is 5.24. The zero-order chi connectivity index (χ0) is 22.2. The molecule has 0 radical (unpaired) electrons. The van der Waals surface area contributed by atoms with Gasteiger partial charge in [-0.2, -0.15) is 0 Å². The highest BCUT2D eigenvalue weighted by Gasteiger charge is 2.39. The van der Waals surface area contributed by atoms with Crippen molar-refractivity contribution in [1.29, 1.82) is 0 Å². The van der Waals surface area contributed by atoms with Crippen LogP contribution in [0.1, 0.15) is 49.9 Å². The zero-order valence-corrected chi connectivity index (χ0v) is 18.8. The number of amides is 2. The van der Waals surface area contributed by atoms with Gasteiger partial charge in [0.1, 0.15) is 12.6 Å². The van der Waals surface area contributed by atoms with Crippen LogP contribution in [-0.2, 0) is 9.59 Å². The van der Waals surface area contributed by atoms with Crippen LogP contribution in [0.2, 0.25) is 5.02 Å². The topological polar surface area (TPSA) is 45.6 Å². The van der Waals surface area contributed by atoms with Crippen molar-refractivity contribution in [3.05, 3.63) is 83.1 Å². The summed E-state index contributed by atoms with van der Waals surface area (Å²) in [6.45, 7) is 2.10. The molecule has 2 amide bonds. The lowest BCUT2D eigenvalue weighted by Gasteiger charge is -2.39. The second-order valence-corrected chi connectivity index (χ2v) is 8.95. The van der Waals surface area contributed by atoms with Gasteiger partial charge in [-0.25, -0.2) is 0 Å². The van der Waals surface area contributed by atoms with Crippen LogP contribution in [0.25, 0.3) is 5.69 Å². The first-order valence-corrected chi connectivity index (χ1v) is 11.6. The monoisotopic (exact) mass is 447 g/mol. The van der Waals surface area contributed by atoms with Crippen LogP contribution >= 0.6 is 11.6 Å². The van der Waals surface area contributed by atoms with Gasteiger partial charge in [-0.1, -0.05) is 42.8 Å². The van der Waals surface area contributed by atoms with Crippen LogP contribution in [-0.4, -0.2) is 33.9 Å². The van der Waals surface area contributed by atoms with Crippen LogP contribution in [0.4, 0.5) is 5.69 Å². The highest BCUT2D eigenvalue weighted by molar-refractivity contribution is 6.30. The second kappa shape index (κ2) is 8.47. The molecular weight excluding hydrogens is 422 g/mol. The number of carbonyl (C=O) groups excluding carboxylic acids is 2. The SMILES string of the molecule is CCCC(=O)N(CC(=O)N1c2ccccc2-n2cccc2C1c1ccc(Cl)cc1)C1CC1. The smallest absolute Gasteiger partial charge is 0.247 e. The third kappa shape index (κ3) is 3.71. The van der Waals surface area contributed by atoms with Crippen molar-refractivity contribution in [1.82, 2.24) is 9.47 Å². The van der Waals surface area contributed by atoms with Gasteiger partial charge in [0, 0.05) is 23.7 Å². The molecule has 1 atom stereocenters. The Labute approximate surface area is 193 Å². The summed E-state index contributed by atoms with van der Waals surface area (Å²) in [5.74, 6) is 0.00117. The van der Waals surface area contributed by atoms with Crippen LogP contribution < -0.4 is 4.90 Å².